The zero-order chi connectivity index (χ0) is 14.1. The minimum atomic E-state index is -0.185. The molecule has 1 aliphatic heterocycles. The topological polar surface area (TPSA) is 46.6 Å². The van der Waals surface area contributed by atoms with Crippen LogP contribution in [0, 0.1) is 5.92 Å². The lowest BCUT2D eigenvalue weighted by Crippen LogP contribution is -2.29. The third kappa shape index (κ3) is 5.62. The third-order valence-corrected chi connectivity index (χ3v) is 3.82. The maximum atomic E-state index is 12.0. The zero-order valence-corrected chi connectivity index (χ0v) is 12.3. The summed E-state index contributed by atoms with van der Waals surface area (Å²) in [7, 11) is 1.41. The molecule has 0 aromatic carbocycles. The highest BCUT2D eigenvalue weighted by Crippen LogP contribution is 2.19. The molecule has 1 fully saturated rings. The second kappa shape index (κ2) is 8.94. The molecule has 19 heavy (non-hydrogen) atoms. The monoisotopic (exact) mass is 269 g/mol. The van der Waals surface area contributed by atoms with Gasteiger partial charge in [0.1, 0.15) is 0 Å². The Morgan fingerprint density at radius 1 is 1.16 bits per heavy atom. The van der Waals surface area contributed by atoms with Crippen LogP contribution in [-0.4, -0.2) is 37.0 Å². The fourth-order valence-corrected chi connectivity index (χ4v) is 2.56. The smallest absolute Gasteiger partial charge is 0.310 e. The van der Waals surface area contributed by atoms with Crippen molar-refractivity contribution in [2.75, 3.05) is 20.2 Å². The van der Waals surface area contributed by atoms with Crippen LogP contribution in [0.4, 0.5) is 0 Å². The van der Waals surface area contributed by atoms with Crippen LogP contribution in [0.25, 0.3) is 0 Å². The molecule has 1 amide bonds. The predicted molar refractivity (Wildman–Crippen MR) is 74.7 cm³/mol. The van der Waals surface area contributed by atoms with Crippen LogP contribution in [0.15, 0.2) is 0 Å². The van der Waals surface area contributed by atoms with Crippen molar-refractivity contribution < 1.29 is 14.3 Å². The quantitative estimate of drug-likeness (QED) is 0.503. The normalized spacial score (nSPS) is 18.6. The van der Waals surface area contributed by atoms with Gasteiger partial charge in [0, 0.05) is 19.5 Å². The van der Waals surface area contributed by atoms with Gasteiger partial charge >= 0.3 is 5.97 Å². The fraction of sp³-hybridized carbons (Fsp3) is 0.867. The molecule has 0 saturated carbocycles. The lowest BCUT2D eigenvalue weighted by atomic mass is 10.1. The summed E-state index contributed by atoms with van der Waals surface area (Å²) in [4.78, 5) is 25.2. The van der Waals surface area contributed by atoms with Crippen molar-refractivity contribution >= 4 is 11.9 Å². The highest BCUT2D eigenvalue weighted by Gasteiger charge is 2.31. The van der Waals surface area contributed by atoms with Gasteiger partial charge in [-0.2, -0.15) is 0 Å². The Morgan fingerprint density at radius 3 is 2.53 bits per heavy atom. The number of methoxy groups -OCH3 is 1. The number of rotatable bonds is 8. The summed E-state index contributed by atoms with van der Waals surface area (Å²) in [5, 5.41) is 0. The average Bonchev–Trinajstić information content (AvgIpc) is 2.91. The number of amides is 1. The highest BCUT2D eigenvalue weighted by atomic mass is 16.5. The van der Waals surface area contributed by atoms with E-state index in [1.807, 2.05) is 4.90 Å². The molecule has 4 heteroatoms. The molecule has 4 nitrogen and oxygen atoms in total. The van der Waals surface area contributed by atoms with Crippen molar-refractivity contribution in [3.8, 4) is 0 Å². The lowest BCUT2D eigenvalue weighted by Gasteiger charge is -2.15. The maximum absolute atomic E-state index is 12.0. The van der Waals surface area contributed by atoms with Crippen molar-refractivity contribution in [2.45, 2.75) is 58.3 Å². The number of likely N-dealkylation sites (tertiary alicyclic amines) is 1. The Kier molecular flexibility index (Phi) is 7.53. The van der Waals surface area contributed by atoms with E-state index in [2.05, 4.69) is 6.92 Å². The first-order chi connectivity index (χ1) is 9.19. The molecule has 0 N–H and O–H groups in total. The van der Waals surface area contributed by atoms with Crippen LogP contribution in [0.5, 0.6) is 0 Å². The molecule has 1 rings (SSSR count). The number of ether oxygens (including phenoxy) is 1. The van der Waals surface area contributed by atoms with Gasteiger partial charge in [0.25, 0.3) is 0 Å². The first-order valence-corrected chi connectivity index (χ1v) is 7.54. The predicted octanol–water partition coefficient (Wildman–Crippen LogP) is 2.76. The maximum Gasteiger partial charge on any atom is 0.310 e. The second-order valence-corrected chi connectivity index (χ2v) is 5.37. The average molecular weight is 269 g/mol. The largest absolute Gasteiger partial charge is 0.469 e. The van der Waals surface area contributed by atoms with Crippen molar-refractivity contribution in [1.82, 2.24) is 4.90 Å². The highest BCUT2D eigenvalue weighted by molar-refractivity contribution is 5.79. The van der Waals surface area contributed by atoms with E-state index in [1.165, 1.54) is 32.8 Å². The molecule has 1 atom stereocenters. The van der Waals surface area contributed by atoms with E-state index in [-0.39, 0.29) is 17.8 Å². The number of esters is 1. The van der Waals surface area contributed by atoms with E-state index in [1.54, 1.807) is 0 Å². The molecule has 0 radical (unpaired) electrons. The number of carbonyl (C=O) groups is 2. The molecule has 1 saturated heterocycles. The molecule has 0 aromatic heterocycles. The van der Waals surface area contributed by atoms with E-state index in [0.717, 1.165) is 19.3 Å². The van der Waals surface area contributed by atoms with E-state index in [4.69, 9.17) is 4.74 Å². The van der Waals surface area contributed by atoms with Crippen LogP contribution in [-0.2, 0) is 14.3 Å². The minimum Gasteiger partial charge on any atom is -0.469 e. The van der Waals surface area contributed by atoms with Gasteiger partial charge in [-0.05, 0) is 12.8 Å². The van der Waals surface area contributed by atoms with E-state index in [0.29, 0.717) is 19.5 Å². The summed E-state index contributed by atoms with van der Waals surface area (Å²) in [6.45, 7) is 3.45. The van der Waals surface area contributed by atoms with Gasteiger partial charge in [-0.1, -0.05) is 39.0 Å². The molecule has 0 spiro atoms. The van der Waals surface area contributed by atoms with Gasteiger partial charge < -0.3 is 9.64 Å². The van der Waals surface area contributed by atoms with Crippen LogP contribution < -0.4 is 0 Å². The van der Waals surface area contributed by atoms with E-state index in [9.17, 15) is 9.59 Å². The summed E-state index contributed by atoms with van der Waals surface area (Å²) >= 11 is 0. The molecular formula is C15H27NO3. The van der Waals surface area contributed by atoms with Gasteiger partial charge in [0.2, 0.25) is 5.91 Å². The Morgan fingerprint density at radius 2 is 1.84 bits per heavy atom. The number of hydrogen-bond donors (Lipinski definition) is 0. The van der Waals surface area contributed by atoms with Crippen LogP contribution >= 0.6 is 0 Å². The number of hydrogen-bond acceptors (Lipinski definition) is 3. The van der Waals surface area contributed by atoms with Crippen LogP contribution in [0.3, 0.4) is 0 Å². The Labute approximate surface area is 116 Å². The van der Waals surface area contributed by atoms with Crippen LogP contribution in [0.2, 0.25) is 0 Å². The Bertz CT molecular complexity index is 291. The van der Waals surface area contributed by atoms with E-state index < -0.39 is 0 Å². The molecule has 0 bridgehead atoms. The van der Waals surface area contributed by atoms with Gasteiger partial charge in [-0.25, -0.2) is 0 Å². The Hall–Kier alpha value is -1.06. The SMILES string of the molecule is CCCCCCCCC(=O)N1CCC(C(=O)OC)C1. The van der Waals surface area contributed by atoms with Gasteiger partial charge in [-0.15, -0.1) is 0 Å². The Balaban J connectivity index is 2.12. The third-order valence-electron chi connectivity index (χ3n) is 3.82. The molecular weight excluding hydrogens is 242 g/mol. The molecule has 110 valence electrons. The lowest BCUT2D eigenvalue weighted by molar-refractivity contribution is -0.145. The zero-order valence-electron chi connectivity index (χ0n) is 12.3. The second-order valence-electron chi connectivity index (χ2n) is 5.37. The van der Waals surface area contributed by atoms with Crippen molar-refractivity contribution in [1.29, 1.82) is 0 Å². The summed E-state index contributed by atoms with van der Waals surface area (Å²) in [6.07, 6.45) is 8.53. The summed E-state index contributed by atoms with van der Waals surface area (Å²) in [5.74, 6) is -0.102. The van der Waals surface area contributed by atoms with Gasteiger partial charge in [-0.3, -0.25) is 9.59 Å². The molecule has 1 heterocycles. The van der Waals surface area contributed by atoms with Crippen molar-refractivity contribution in [3.05, 3.63) is 0 Å². The van der Waals surface area contributed by atoms with Crippen LogP contribution in [0.1, 0.15) is 58.3 Å². The number of nitrogens with zero attached hydrogens (tertiary/aromatic N) is 1. The summed E-state index contributed by atoms with van der Waals surface area (Å²) in [5.41, 5.74) is 0. The van der Waals surface area contributed by atoms with Crippen molar-refractivity contribution in [3.63, 3.8) is 0 Å². The minimum absolute atomic E-state index is 0.112. The fourth-order valence-electron chi connectivity index (χ4n) is 2.56. The molecule has 0 aromatic rings. The molecule has 1 unspecified atom stereocenters. The number of unbranched alkanes of at least 4 members (excludes halogenated alkanes) is 5. The molecule has 1 aliphatic rings. The molecule has 0 aliphatic carbocycles. The number of carbonyl (C=O) groups excluding carboxylic acids is 2. The van der Waals surface area contributed by atoms with Crippen molar-refractivity contribution in [2.24, 2.45) is 5.92 Å². The summed E-state index contributed by atoms with van der Waals surface area (Å²) in [6, 6.07) is 0. The van der Waals surface area contributed by atoms with Gasteiger partial charge in [0.05, 0.1) is 13.0 Å². The standard InChI is InChI=1S/C15H27NO3/c1-3-4-5-6-7-8-9-14(17)16-11-10-13(12-16)15(18)19-2/h13H,3-12H2,1-2H3. The first kappa shape index (κ1) is 16.0. The van der Waals surface area contributed by atoms with E-state index >= 15 is 0 Å². The first-order valence-electron chi connectivity index (χ1n) is 7.54. The summed E-state index contributed by atoms with van der Waals surface area (Å²) < 4.78 is 4.72. The van der Waals surface area contributed by atoms with Gasteiger partial charge in [0.15, 0.2) is 0 Å².